The Kier molecular flexibility index (Phi) is 6.14. The number of carbonyl (C=O) groups is 1. The Labute approximate surface area is 164 Å². The first-order valence-electron chi connectivity index (χ1n) is 8.87. The lowest BCUT2D eigenvalue weighted by Crippen LogP contribution is -2.53. The number of sulfonamides is 1. The quantitative estimate of drug-likeness (QED) is 0.825. The van der Waals surface area contributed by atoms with E-state index in [2.05, 4.69) is 10.3 Å². The van der Waals surface area contributed by atoms with Crippen molar-refractivity contribution in [3.63, 3.8) is 0 Å². The maximum absolute atomic E-state index is 13.2. The van der Waals surface area contributed by atoms with Gasteiger partial charge in [-0.15, -0.1) is 0 Å². The van der Waals surface area contributed by atoms with Gasteiger partial charge in [0, 0.05) is 41.6 Å². The summed E-state index contributed by atoms with van der Waals surface area (Å²) in [6, 6.07) is 9.01. The van der Waals surface area contributed by atoms with Crippen molar-refractivity contribution in [2.24, 2.45) is 0 Å². The highest BCUT2D eigenvalue weighted by Crippen LogP contribution is 2.30. The average Bonchev–Trinajstić information content (AvgIpc) is 2.67. The second-order valence-electron chi connectivity index (χ2n) is 6.67. The van der Waals surface area contributed by atoms with Gasteiger partial charge in [0.25, 0.3) is 5.91 Å². The van der Waals surface area contributed by atoms with Crippen LogP contribution < -0.4 is 5.32 Å². The van der Waals surface area contributed by atoms with E-state index in [1.54, 1.807) is 36.7 Å². The largest absolute Gasteiger partial charge is 0.350 e. The summed E-state index contributed by atoms with van der Waals surface area (Å²) in [5.74, 6) is -0.237. The van der Waals surface area contributed by atoms with E-state index >= 15 is 0 Å². The predicted molar refractivity (Wildman–Crippen MR) is 104 cm³/mol. The molecular weight excluding hydrogens is 386 g/mol. The molecule has 1 aliphatic rings. The number of carbonyl (C=O) groups excluding carboxylic acids is 1. The number of piperidine rings is 1. The Morgan fingerprint density at radius 2 is 1.85 bits per heavy atom. The van der Waals surface area contributed by atoms with Gasteiger partial charge in [0.1, 0.15) is 0 Å². The van der Waals surface area contributed by atoms with Gasteiger partial charge in [0.05, 0.1) is 4.90 Å². The van der Waals surface area contributed by atoms with Crippen molar-refractivity contribution in [1.82, 2.24) is 14.6 Å². The van der Waals surface area contributed by atoms with Crippen LogP contribution in [-0.2, 0) is 10.0 Å². The van der Waals surface area contributed by atoms with Gasteiger partial charge in [-0.25, -0.2) is 8.42 Å². The number of hydrogen-bond donors (Lipinski definition) is 1. The van der Waals surface area contributed by atoms with Gasteiger partial charge in [-0.05, 0) is 56.2 Å². The van der Waals surface area contributed by atoms with Crippen LogP contribution >= 0.6 is 11.6 Å². The maximum atomic E-state index is 13.2. The van der Waals surface area contributed by atoms with E-state index in [9.17, 15) is 13.2 Å². The second kappa shape index (κ2) is 8.37. The number of hydrogen-bond acceptors (Lipinski definition) is 4. The molecule has 27 heavy (non-hydrogen) atoms. The third-order valence-electron chi connectivity index (χ3n) is 4.78. The summed E-state index contributed by atoms with van der Waals surface area (Å²) in [7, 11) is -3.68. The molecule has 1 aliphatic heterocycles. The second-order valence-corrected chi connectivity index (χ2v) is 8.95. The Morgan fingerprint density at radius 3 is 2.52 bits per heavy atom. The van der Waals surface area contributed by atoms with Crippen molar-refractivity contribution in [1.29, 1.82) is 0 Å². The standard InChI is InChI=1S/C19H22ClN3O3S/c1-14-3-2-4-17(13-22-19(24)15-9-11-21-12-10-15)23(14)27(25,26)18-7-5-16(20)6-8-18/h5-12,14,17H,2-4,13H2,1H3,(H,22,24)/t14-,17-/m1/s1. The van der Waals surface area contributed by atoms with Crippen LogP contribution in [0.4, 0.5) is 0 Å². The lowest BCUT2D eigenvalue weighted by Gasteiger charge is -2.39. The van der Waals surface area contributed by atoms with Crippen molar-refractivity contribution in [3.8, 4) is 0 Å². The topological polar surface area (TPSA) is 79.4 Å². The maximum Gasteiger partial charge on any atom is 0.251 e. The molecule has 1 fully saturated rings. The van der Waals surface area contributed by atoms with Gasteiger partial charge in [0.2, 0.25) is 10.0 Å². The summed E-state index contributed by atoms with van der Waals surface area (Å²) in [5, 5.41) is 3.35. The lowest BCUT2D eigenvalue weighted by atomic mass is 9.99. The van der Waals surface area contributed by atoms with E-state index in [1.165, 1.54) is 16.4 Å². The number of aromatic nitrogens is 1. The van der Waals surface area contributed by atoms with Gasteiger partial charge in [-0.3, -0.25) is 9.78 Å². The molecule has 0 unspecified atom stereocenters. The van der Waals surface area contributed by atoms with Gasteiger partial charge < -0.3 is 5.32 Å². The molecule has 1 aromatic heterocycles. The Hall–Kier alpha value is -1.96. The summed E-state index contributed by atoms with van der Waals surface area (Å²) < 4.78 is 27.9. The van der Waals surface area contributed by atoms with E-state index < -0.39 is 10.0 Å². The van der Waals surface area contributed by atoms with Crippen molar-refractivity contribution in [2.75, 3.05) is 6.54 Å². The van der Waals surface area contributed by atoms with Crippen molar-refractivity contribution in [2.45, 2.75) is 43.2 Å². The number of pyridine rings is 1. The zero-order valence-corrected chi connectivity index (χ0v) is 16.6. The first kappa shape index (κ1) is 19.8. The van der Waals surface area contributed by atoms with Crippen LogP contribution in [0.25, 0.3) is 0 Å². The number of rotatable bonds is 5. The van der Waals surface area contributed by atoms with Crippen LogP contribution in [-0.4, -0.2) is 42.2 Å². The smallest absolute Gasteiger partial charge is 0.251 e. The summed E-state index contributed by atoms with van der Waals surface area (Å²) >= 11 is 5.89. The summed E-state index contributed by atoms with van der Waals surface area (Å²) in [6.45, 7) is 2.17. The summed E-state index contributed by atoms with van der Waals surface area (Å²) in [5.41, 5.74) is 0.501. The first-order chi connectivity index (χ1) is 12.9. The fourth-order valence-electron chi connectivity index (χ4n) is 3.43. The van der Waals surface area contributed by atoms with Gasteiger partial charge in [-0.2, -0.15) is 4.31 Å². The zero-order chi connectivity index (χ0) is 19.4. The predicted octanol–water partition coefficient (Wildman–Crippen LogP) is 3.10. The van der Waals surface area contributed by atoms with Crippen LogP contribution in [0.3, 0.4) is 0 Å². The normalized spacial score (nSPS) is 21.0. The van der Waals surface area contributed by atoms with Crippen LogP contribution in [0.1, 0.15) is 36.5 Å². The molecule has 1 amide bonds. The van der Waals surface area contributed by atoms with Crippen LogP contribution in [0.2, 0.25) is 5.02 Å². The molecule has 0 radical (unpaired) electrons. The molecule has 0 aliphatic carbocycles. The summed E-state index contributed by atoms with van der Waals surface area (Å²) in [4.78, 5) is 16.4. The summed E-state index contributed by atoms with van der Waals surface area (Å²) in [6.07, 6.45) is 5.52. The lowest BCUT2D eigenvalue weighted by molar-refractivity contribution is 0.0931. The molecule has 0 saturated carbocycles. The van der Waals surface area contributed by atoms with E-state index in [4.69, 9.17) is 11.6 Å². The molecule has 0 bridgehead atoms. The molecular formula is C19H22ClN3O3S. The molecule has 1 saturated heterocycles. The molecule has 2 aromatic rings. The van der Waals surface area contributed by atoms with Crippen molar-refractivity contribution >= 4 is 27.5 Å². The number of nitrogens with zero attached hydrogens (tertiary/aromatic N) is 2. The molecule has 6 nitrogen and oxygen atoms in total. The van der Waals surface area contributed by atoms with Crippen LogP contribution in [0.15, 0.2) is 53.7 Å². The first-order valence-corrected chi connectivity index (χ1v) is 10.7. The molecule has 2 atom stereocenters. The van der Waals surface area contributed by atoms with E-state index in [1.807, 2.05) is 6.92 Å². The highest BCUT2D eigenvalue weighted by atomic mass is 35.5. The van der Waals surface area contributed by atoms with Gasteiger partial charge in [-0.1, -0.05) is 18.0 Å². The zero-order valence-electron chi connectivity index (χ0n) is 15.0. The van der Waals surface area contributed by atoms with Crippen LogP contribution in [0, 0.1) is 0 Å². The third kappa shape index (κ3) is 4.48. The molecule has 0 spiro atoms. The third-order valence-corrected chi connectivity index (χ3v) is 7.12. The number of amides is 1. The number of halogens is 1. The molecule has 2 heterocycles. The minimum atomic E-state index is -3.68. The van der Waals surface area contributed by atoms with Crippen molar-refractivity contribution in [3.05, 3.63) is 59.4 Å². The molecule has 144 valence electrons. The van der Waals surface area contributed by atoms with Crippen LogP contribution in [0.5, 0.6) is 0 Å². The minimum absolute atomic E-state index is 0.137. The highest BCUT2D eigenvalue weighted by Gasteiger charge is 2.37. The Bertz CT molecular complexity index is 888. The SMILES string of the molecule is C[C@@H]1CCC[C@H](CNC(=O)c2ccncc2)N1S(=O)(=O)c1ccc(Cl)cc1. The average molecular weight is 408 g/mol. The van der Waals surface area contributed by atoms with E-state index in [0.29, 0.717) is 17.0 Å². The van der Waals surface area contributed by atoms with E-state index in [-0.39, 0.29) is 29.4 Å². The number of nitrogens with one attached hydrogen (secondary N) is 1. The molecule has 8 heteroatoms. The fourth-order valence-corrected chi connectivity index (χ4v) is 5.43. The molecule has 1 N–H and O–H groups in total. The number of benzene rings is 1. The Morgan fingerprint density at radius 1 is 1.19 bits per heavy atom. The van der Waals surface area contributed by atoms with Crippen molar-refractivity contribution < 1.29 is 13.2 Å². The monoisotopic (exact) mass is 407 g/mol. The van der Waals surface area contributed by atoms with E-state index in [0.717, 1.165) is 12.8 Å². The highest BCUT2D eigenvalue weighted by molar-refractivity contribution is 7.89. The van der Waals surface area contributed by atoms with Gasteiger partial charge in [0.15, 0.2) is 0 Å². The fraction of sp³-hybridized carbons (Fsp3) is 0.368. The molecule has 3 rings (SSSR count). The van der Waals surface area contributed by atoms with Gasteiger partial charge >= 0.3 is 0 Å². The molecule has 1 aromatic carbocycles. The minimum Gasteiger partial charge on any atom is -0.350 e. The Balaban J connectivity index is 1.79.